The van der Waals surface area contributed by atoms with Gasteiger partial charge >= 0.3 is 0 Å². The normalized spacial score (nSPS) is 13.8. The van der Waals surface area contributed by atoms with E-state index in [0.717, 1.165) is 30.9 Å². The number of fused-ring (bicyclic) bond motifs is 1. The second kappa shape index (κ2) is 5.69. The van der Waals surface area contributed by atoms with Crippen molar-refractivity contribution in [3.8, 4) is 0 Å². The lowest BCUT2D eigenvalue weighted by Crippen LogP contribution is -2.24. The first kappa shape index (κ1) is 13.8. The average Bonchev–Trinajstić information content (AvgIpc) is 2.88. The van der Waals surface area contributed by atoms with Crippen LogP contribution in [0.1, 0.15) is 34.2 Å². The SMILES string of the molecule is CCn1nc(C)cc1C(=O)Nc1ccc2c(c1)CNCC2. The summed E-state index contributed by atoms with van der Waals surface area (Å²) < 4.78 is 1.73. The Kier molecular flexibility index (Phi) is 3.75. The van der Waals surface area contributed by atoms with Gasteiger partial charge in [-0.15, -0.1) is 0 Å². The predicted molar refractivity (Wildman–Crippen MR) is 82.4 cm³/mol. The fourth-order valence-electron chi connectivity index (χ4n) is 2.72. The summed E-state index contributed by atoms with van der Waals surface area (Å²) in [6.45, 7) is 6.45. The Morgan fingerprint density at radius 2 is 2.24 bits per heavy atom. The van der Waals surface area contributed by atoms with E-state index in [9.17, 15) is 4.79 Å². The molecule has 0 spiro atoms. The lowest BCUT2D eigenvalue weighted by atomic mass is 10.0. The van der Waals surface area contributed by atoms with Crippen LogP contribution in [0.25, 0.3) is 0 Å². The molecule has 1 aliphatic heterocycles. The molecule has 0 fully saturated rings. The second-order valence-corrected chi connectivity index (χ2v) is 5.35. The summed E-state index contributed by atoms with van der Waals surface area (Å²) in [5, 5.41) is 10.6. The molecular weight excluding hydrogens is 264 g/mol. The number of benzene rings is 1. The Labute approximate surface area is 124 Å². The summed E-state index contributed by atoms with van der Waals surface area (Å²) in [6.07, 6.45) is 1.05. The molecular formula is C16H20N4O. The summed E-state index contributed by atoms with van der Waals surface area (Å²) in [5.74, 6) is -0.110. The molecule has 0 atom stereocenters. The molecule has 5 nitrogen and oxygen atoms in total. The Bertz CT molecular complexity index is 675. The Morgan fingerprint density at radius 3 is 3.05 bits per heavy atom. The first-order chi connectivity index (χ1) is 10.2. The van der Waals surface area contributed by atoms with Crippen LogP contribution in [-0.2, 0) is 19.5 Å². The van der Waals surface area contributed by atoms with E-state index in [4.69, 9.17) is 0 Å². The first-order valence-electron chi connectivity index (χ1n) is 7.35. The number of anilines is 1. The van der Waals surface area contributed by atoms with Crippen LogP contribution < -0.4 is 10.6 Å². The predicted octanol–water partition coefficient (Wildman–Crippen LogP) is 2.11. The van der Waals surface area contributed by atoms with Gasteiger partial charge in [0.1, 0.15) is 5.69 Å². The molecule has 2 aromatic rings. The number of carbonyl (C=O) groups excluding carboxylic acids is 1. The van der Waals surface area contributed by atoms with E-state index in [-0.39, 0.29) is 5.91 Å². The molecule has 110 valence electrons. The molecule has 0 bridgehead atoms. The van der Waals surface area contributed by atoms with Crippen molar-refractivity contribution in [3.05, 3.63) is 46.8 Å². The van der Waals surface area contributed by atoms with Gasteiger partial charge in [-0.1, -0.05) is 6.07 Å². The quantitative estimate of drug-likeness (QED) is 0.907. The van der Waals surface area contributed by atoms with Gasteiger partial charge in [-0.3, -0.25) is 9.48 Å². The minimum absolute atomic E-state index is 0.110. The zero-order chi connectivity index (χ0) is 14.8. The van der Waals surface area contributed by atoms with Crippen LogP contribution in [0.3, 0.4) is 0 Å². The average molecular weight is 284 g/mol. The Balaban J connectivity index is 1.81. The summed E-state index contributed by atoms with van der Waals surface area (Å²) >= 11 is 0. The molecule has 0 aliphatic carbocycles. The maximum atomic E-state index is 12.4. The lowest BCUT2D eigenvalue weighted by molar-refractivity contribution is 0.101. The third-order valence-electron chi connectivity index (χ3n) is 3.79. The van der Waals surface area contributed by atoms with Crippen molar-refractivity contribution in [2.75, 3.05) is 11.9 Å². The molecule has 1 aromatic carbocycles. The van der Waals surface area contributed by atoms with Crippen molar-refractivity contribution >= 4 is 11.6 Å². The van der Waals surface area contributed by atoms with Crippen LogP contribution in [-0.4, -0.2) is 22.2 Å². The highest BCUT2D eigenvalue weighted by atomic mass is 16.2. The molecule has 0 unspecified atom stereocenters. The van der Waals surface area contributed by atoms with Crippen molar-refractivity contribution < 1.29 is 4.79 Å². The molecule has 2 N–H and O–H groups in total. The third kappa shape index (κ3) is 2.83. The van der Waals surface area contributed by atoms with E-state index < -0.39 is 0 Å². The van der Waals surface area contributed by atoms with Gasteiger partial charge in [0, 0.05) is 18.8 Å². The number of amides is 1. The Hall–Kier alpha value is -2.14. The number of nitrogens with zero attached hydrogens (tertiary/aromatic N) is 2. The highest BCUT2D eigenvalue weighted by Crippen LogP contribution is 2.19. The maximum absolute atomic E-state index is 12.4. The summed E-state index contributed by atoms with van der Waals surface area (Å²) in [4.78, 5) is 12.4. The molecule has 21 heavy (non-hydrogen) atoms. The van der Waals surface area contributed by atoms with Gasteiger partial charge in [-0.25, -0.2) is 0 Å². The summed E-state index contributed by atoms with van der Waals surface area (Å²) in [7, 11) is 0. The molecule has 0 radical (unpaired) electrons. The van der Waals surface area contributed by atoms with Gasteiger partial charge in [0.25, 0.3) is 5.91 Å². The molecule has 0 saturated heterocycles. The van der Waals surface area contributed by atoms with Crippen molar-refractivity contribution in [2.45, 2.75) is 33.4 Å². The largest absolute Gasteiger partial charge is 0.321 e. The highest BCUT2D eigenvalue weighted by Gasteiger charge is 2.14. The van der Waals surface area contributed by atoms with Gasteiger partial charge in [-0.05, 0) is 56.1 Å². The fourth-order valence-corrected chi connectivity index (χ4v) is 2.72. The first-order valence-corrected chi connectivity index (χ1v) is 7.35. The molecule has 0 saturated carbocycles. The van der Waals surface area contributed by atoms with Crippen molar-refractivity contribution in [2.24, 2.45) is 0 Å². The topological polar surface area (TPSA) is 59.0 Å². The maximum Gasteiger partial charge on any atom is 0.273 e. The van der Waals surface area contributed by atoms with E-state index in [1.54, 1.807) is 4.68 Å². The standard InChI is InChI=1S/C16H20N4O/c1-3-20-15(8-11(2)19-20)16(21)18-14-5-4-12-6-7-17-10-13(12)9-14/h4-5,8-9,17H,3,6-7,10H2,1-2H3,(H,18,21). The minimum atomic E-state index is -0.110. The van der Waals surface area contributed by atoms with E-state index in [0.29, 0.717) is 12.2 Å². The van der Waals surface area contributed by atoms with Crippen LogP contribution in [0.15, 0.2) is 24.3 Å². The third-order valence-corrected chi connectivity index (χ3v) is 3.79. The number of aromatic nitrogens is 2. The van der Waals surface area contributed by atoms with E-state index in [1.165, 1.54) is 11.1 Å². The number of hydrogen-bond acceptors (Lipinski definition) is 3. The van der Waals surface area contributed by atoms with Crippen LogP contribution in [0, 0.1) is 6.92 Å². The van der Waals surface area contributed by atoms with Crippen LogP contribution in [0.5, 0.6) is 0 Å². The van der Waals surface area contributed by atoms with Gasteiger partial charge in [0.15, 0.2) is 0 Å². The van der Waals surface area contributed by atoms with Crippen molar-refractivity contribution in [1.82, 2.24) is 15.1 Å². The zero-order valence-electron chi connectivity index (χ0n) is 12.4. The van der Waals surface area contributed by atoms with Gasteiger partial charge in [0.05, 0.1) is 5.69 Å². The number of hydrogen-bond donors (Lipinski definition) is 2. The zero-order valence-corrected chi connectivity index (χ0v) is 12.4. The smallest absolute Gasteiger partial charge is 0.273 e. The van der Waals surface area contributed by atoms with Crippen LogP contribution in [0.2, 0.25) is 0 Å². The molecule has 2 heterocycles. The monoisotopic (exact) mass is 284 g/mol. The fraction of sp³-hybridized carbons (Fsp3) is 0.375. The van der Waals surface area contributed by atoms with Gasteiger partial charge in [-0.2, -0.15) is 5.10 Å². The van der Waals surface area contributed by atoms with Crippen LogP contribution >= 0.6 is 0 Å². The number of nitrogens with one attached hydrogen (secondary N) is 2. The minimum Gasteiger partial charge on any atom is -0.321 e. The van der Waals surface area contributed by atoms with Crippen molar-refractivity contribution in [1.29, 1.82) is 0 Å². The second-order valence-electron chi connectivity index (χ2n) is 5.35. The number of rotatable bonds is 3. The molecule has 1 aliphatic rings. The molecule has 1 amide bonds. The molecule has 1 aromatic heterocycles. The van der Waals surface area contributed by atoms with E-state index >= 15 is 0 Å². The highest BCUT2D eigenvalue weighted by molar-refractivity contribution is 6.03. The van der Waals surface area contributed by atoms with Crippen LogP contribution in [0.4, 0.5) is 5.69 Å². The Morgan fingerprint density at radius 1 is 1.38 bits per heavy atom. The number of aryl methyl sites for hydroxylation is 2. The lowest BCUT2D eigenvalue weighted by Gasteiger charge is -2.18. The van der Waals surface area contributed by atoms with Gasteiger partial charge in [0.2, 0.25) is 0 Å². The van der Waals surface area contributed by atoms with E-state index in [1.807, 2.05) is 26.0 Å². The summed E-state index contributed by atoms with van der Waals surface area (Å²) in [5.41, 5.74) is 4.92. The molecule has 5 heteroatoms. The number of carbonyl (C=O) groups is 1. The van der Waals surface area contributed by atoms with Crippen molar-refractivity contribution in [3.63, 3.8) is 0 Å². The molecule has 3 rings (SSSR count). The van der Waals surface area contributed by atoms with Gasteiger partial charge < -0.3 is 10.6 Å². The van der Waals surface area contributed by atoms with E-state index in [2.05, 4.69) is 27.9 Å². The summed E-state index contributed by atoms with van der Waals surface area (Å²) in [6, 6.07) is 7.95.